The molecule has 0 atom stereocenters. The predicted molar refractivity (Wildman–Crippen MR) is 67.2 cm³/mol. The van der Waals surface area contributed by atoms with Crippen LogP contribution in [0.1, 0.15) is 22.3 Å². The normalized spacial score (nSPS) is 12.2. The number of halogens is 4. The number of nitrogens with one attached hydrogen (secondary N) is 1. The number of rotatable bonds is 4. The van der Waals surface area contributed by atoms with E-state index >= 15 is 0 Å². The fourth-order valence-corrected chi connectivity index (χ4v) is 2.29. The number of carbonyl (C=O) groups is 1. The van der Waals surface area contributed by atoms with Gasteiger partial charge < -0.3 is 5.32 Å². The third-order valence-corrected chi connectivity index (χ3v) is 3.77. The lowest BCUT2D eigenvalue weighted by molar-refractivity contribution is -0.132. The first kappa shape index (κ1) is 16.8. The number of carbonyl (C=O) groups excluding carboxylic acids is 1. The highest BCUT2D eigenvalue weighted by Crippen LogP contribution is 2.20. The topological polar surface area (TPSA) is 63.2 Å². The molecule has 1 N–H and O–H groups in total. The van der Waals surface area contributed by atoms with Crippen molar-refractivity contribution in [2.24, 2.45) is 0 Å². The Labute approximate surface area is 118 Å². The minimum Gasteiger partial charge on any atom is -0.352 e. The average molecular weight is 330 g/mol. The van der Waals surface area contributed by atoms with Gasteiger partial charge in [-0.3, -0.25) is 4.79 Å². The van der Waals surface area contributed by atoms with E-state index in [2.05, 4.69) is 5.32 Å². The van der Waals surface area contributed by atoms with Crippen molar-refractivity contribution in [2.45, 2.75) is 24.4 Å². The Hall–Kier alpha value is -1.28. The Morgan fingerprint density at radius 1 is 1.35 bits per heavy atom. The molecule has 4 nitrogen and oxygen atoms in total. The molecule has 0 aliphatic rings. The molecule has 112 valence electrons. The van der Waals surface area contributed by atoms with Crippen LogP contribution in [0.25, 0.3) is 0 Å². The second-order valence-corrected chi connectivity index (χ2v) is 6.60. The molecule has 0 aromatic heterocycles. The Balaban J connectivity index is 2.80. The summed E-state index contributed by atoms with van der Waals surface area (Å²) >= 11 is 0. The second-order valence-electron chi connectivity index (χ2n) is 4.04. The first-order valence-electron chi connectivity index (χ1n) is 5.41. The van der Waals surface area contributed by atoms with Crippen LogP contribution >= 0.6 is 10.7 Å². The van der Waals surface area contributed by atoms with Gasteiger partial charge in [0.15, 0.2) is 0 Å². The standard InChI is InChI=1S/C11H11ClF3NO3S/c1-7-6-8(20(12,18)19)2-3-9(7)10(17)16-5-4-11(13,14)15/h2-3,6H,4-5H2,1H3,(H,16,17). The molecule has 1 aromatic carbocycles. The highest BCUT2D eigenvalue weighted by molar-refractivity contribution is 8.13. The van der Waals surface area contributed by atoms with Crippen LogP contribution in [0.2, 0.25) is 0 Å². The first-order chi connectivity index (χ1) is 9.00. The van der Waals surface area contributed by atoms with Gasteiger partial charge in [-0.05, 0) is 30.7 Å². The van der Waals surface area contributed by atoms with Gasteiger partial charge in [-0.2, -0.15) is 13.2 Å². The third kappa shape index (κ3) is 5.01. The molecular weight excluding hydrogens is 319 g/mol. The van der Waals surface area contributed by atoms with Crippen molar-refractivity contribution in [3.8, 4) is 0 Å². The summed E-state index contributed by atoms with van der Waals surface area (Å²) in [4.78, 5) is 11.5. The maximum Gasteiger partial charge on any atom is 0.390 e. The zero-order chi connectivity index (χ0) is 15.6. The van der Waals surface area contributed by atoms with E-state index in [-0.39, 0.29) is 10.5 Å². The van der Waals surface area contributed by atoms with Crippen molar-refractivity contribution in [1.29, 1.82) is 0 Å². The average Bonchev–Trinajstić information content (AvgIpc) is 2.25. The SMILES string of the molecule is Cc1cc(S(=O)(=O)Cl)ccc1C(=O)NCCC(F)(F)F. The lowest BCUT2D eigenvalue weighted by Gasteiger charge is -2.10. The van der Waals surface area contributed by atoms with Crippen LogP contribution in [0, 0.1) is 6.92 Å². The number of benzene rings is 1. The number of amides is 1. The predicted octanol–water partition coefficient (Wildman–Crippen LogP) is 2.60. The molecule has 0 aliphatic carbocycles. The number of hydrogen-bond donors (Lipinski definition) is 1. The first-order valence-corrected chi connectivity index (χ1v) is 7.72. The summed E-state index contributed by atoms with van der Waals surface area (Å²) in [5.41, 5.74) is 0.396. The molecule has 0 aliphatic heterocycles. The fraction of sp³-hybridized carbons (Fsp3) is 0.364. The zero-order valence-electron chi connectivity index (χ0n) is 10.3. The van der Waals surface area contributed by atoms with Gasteiger partial charge >= 0.3 is 6.18 Å². The molecule has 1 amide bonds. The van der Waals surface area contributed by atoms with E-state index in [9.17, 15) is 26.4 Å². The van der Waals surface area contributed by atoms with Gasteiger partial charge in [-0.25, -0.2) is 8.42 Å². The van der Waals surface area contributed by atoms with Gasteiger partial charge in [-0.1, -0.05) is 0 Å². The van der Waals surface area contributed by atoms with Gasteiger partial charge in [0.05, 0.1) is 11.3 Å². The van der Waals surface area contributed by atoms with Crippen molar-refractivity contribution in [2.75, 3.05) is 6.54 Å². The number of alkyl halides is 3. The second kappa shape index (κ2) is 6.01. The summed E-state index contributed by atoms with van der Waals surface area (Å²) in [7, 11) is 1.23. The van der Waals surface area contributed by atoms with E-state index in [4.69, 9.17) is 10.7 Å². The molecule has 0 fully saturated rings. The van der Waals surface area contributed by atoms with Gasteiger partial charge in [0, 0.05) is 22.8 Å². The summed E-state index contributed by atoms with van der Waals surface area (Å²) in [5.74, 6) is -0.703. The van der Waals surface area contributed by atoms with Crippen LogP contribution in [0.15, 0.2) is 23.1 Å². The molecule has 0 bridgehead atoms. The largest absolute Gasteiger partial charge is 0.390 e. The van der Waals surface area contributed by atoms with Crippen LogP contribution in [-0.4, -0.2) is 27.0 Å². The molecular formula is C11H11ClF3NO3S. The summed E-state index contributed by atoms with van der Waals surface area (Å²) in [6, 6.07) is 3.50. The Bertz CT molecular complexity index is 614. The molecule has 0 spiro atoms. The van der Waals surface area contributed by atoms with E-state index in [0.29, 0.717) is 5.56 Å². The van der Waals surface area contributed by atoms with Gasteiger partial charge in [0.1, 0.15) is 0 Å². The van der Waals surface area contributed by atoms with Crippen LogP contribution in [0.3, 0.4) is 0 Å². The van der Waals surface area contributed by atoms with E-state index in [0.717, 1.165) is 6.07 Å². The lowest BCUT2D eigenvalue weighted by atomic mass is 10.1. The molecule has 0 saturated carbocycles. The van der Waals surface area contributed by atoms with Crippen LogP contribution in [0.5, 0.6) is 0 Å². The fourth-order valence-electron chi connectivity index (χ4n) is 1.46. The minimum atomic E-state index is -4.35. The van der Waals surface area contributed by atoms with Crippen molar-refractivity contribution in [3.63, 3.8) is 0 Å². The third-order valence-electron chi connectivity index (χ3n) is 2.42. The van der Waals surface area contributed by atoms with E-state index in [1.54, 1.807) is 0 Å². The van der Waals surface area contributed by atoms with Gasteiger partial charge in [-0.15, -0.1) is 0 Å². The molecule has 0 saturated heterocycles. The van der Waals surface area contributed by atoms with Gasteiger partial charge in [0.25, 0.3) is 15.0 Å². The number of hydrogen-bond acceptors (Lipinski definition) is 3. The Morgan fingerprint density at radius 2 is 1.95 bits per heavy atom. The summed E-state index contributed by atoms with van der Waals surface area (Å²) in [5, 5.41) is 2.11. The highest BCUT2D eigenvalue weighted by atomic mass is 35.7. The zero-order valence-corrected chi connectivity index (χ0v) is 11.9. The van der Waals surface area contributed by atoms with E-state index < -0.39 is 34.1 Å². The maximum atomic E-state index is 11.9. The highest BCUT2D eigenvalue weighted by Gasteiger charge is 2.26. The molecule has 20 heavy (non-hydrogen) atoms. The molecule has 1 aromatic rings. The molecule has 0 unspecified atom stereocenters. The van der Waals surface area contributed by atoms with E-state index in [1.807, 2.05) is 0 Å². The van der Waals surface area contributed by atoms with Crippen molar-refractivity contribution in [3.05, 3.63) is 29.3 Å². The van der Waals surface area contributed by atoms with Crippen molar-refractivity contribution >= 4 is 25.6 Å². The van der Waals surface area contributed by atoms with Crippen LogP contribution in [-0.2, 0) is 9.05 Å². The van der Waals surface area contributed by atoms with Crippen LogP contribution < -0.4 is 5.32 Å². The minimum absolute atomic E-state index is 0.0937. The maximum absolute atomic E-state index is 11.9. The van der Waals surface area contributed by atoms with Crippen molar-refractivity contribution in [1.82, 2.24) is 5.32 Å². The molecule has 0 heterocycles. The molecule has 0 radical (unpaired) electrons. The lowest BCUT2D eigenvalue weighted by Crippen LogP contribution is -2.28. The number of aryl methyl sites for hydroxylation is 1. The van der Waals surface area contributed by atoms with Crippen LogP contribution in [0.4, 0.5) is 13.2 Å². The molecule has 1 rings (SSSR count). The quantitative estimate of drug-likeness (QED) is 0.864. The monoisotopic (exact) mass is 329 g/mol. The smallest absolute Gasteiger partial charge is 0.352 e. The summed E-state index contributed by atoms with van der Waals surface area (Å²) < 4.78 is 58.0. The Kier molecular flexibility index (Phi) is 5.04. The van der Waals surface area contributed by atoms with E-state index in [1.165, 1.54) is 19.1 Å². The van der Waals surface area contributed by atoms with Gasteiger partial charge in [0.2, 0.25) is 0 Å². The summed E-state index contributed by atoms with van der Waals surface area (Å²) in [6.07, 6.45) is -5.48. The molecule has 9 heteroatoms. The Morgan fingerprint density at radius 3 is 2.40 bits per heavy atom. The van der Waals surface area contributed by atoms with Crippen molar-refractivity contribution < 1.29 is 26.4 Å². The summed E-state index contributed by atoms with van der Waals surface area (Å²) in [6.45, 7) is 0.918.